The van der Waals surface area contributed by atoms with Crippen molar-refractivity contribution < 1.29 is 19.4 Å². The van der Waals surface area contributed by atoms with Gasteiger partial charge in [0.25, 0.3) is 0 Å². The maximum absolute atomic E-state index is 11.7. The molecule has 1 aromatic carbocycles. The van der Waals surface area contributed by atoms with Crippen molar-refractivity contribution in [2.75, 3.05) is 13.1 Å². The van der Waals surface area contributed by atoms with Gasteiger partial charge in [0, 0.05) is 13.1 Å². The fourth-order valence-electron chi connectivity index (χ4n) is 1.97. The minimum absolute atomic E-state index is 0.0952. The zero-order chi connectivity index (χ0) is 18.5. The third kappa shape index (κ3) is 9.51. The molecule has 8 heteroatoms. The summed E-state index contributed by atoms with van der Waals surface area (Å²) in [5.74, 6) is -1.09. The number of carboxylic acid groups (broad SMARTS) is 1. The molecule has 0 saturated heterocycles. The molecule has 1 aromatic rings. The number of thiocarbonyl (C=S) groups is 1. The van der Waals surface area contributed by atoms with Gasteiger partial charge in [0.1, 0.15) is 12.6 Å². The molecule has 1 amide bonds. The zero-order valence-corrected chi connectivity index (χ0v) is 15.1. The normalized spacial score (nSPS) is 11.2. The van der Waals surface area contributed by atoms with E-state index in [-0.39, 0.29) is 13.0 Å². The fraction of sp³-hybridized carbons (Fsp3) is 0.471. The lowest BCUT2D eigenvalue weighted by Gasteiger charge is -2.15. The molecular weight excluding hydrogens is 342 g/mol. The van der Waals surface area contributed by atoms with E-state index < -0.39 is 18.1 Å². The first-order valence-electron chi connectivity index (χ1n) is 8.24. The summed E-state index contributed by atoms with van der Waals surface area (Å²) < 4.78 is 5.04. The monoisotopic (exact) mass is 367 g/mol. The van der Waals surface area contributed by atoms with Crippen molar-refractivity contribution in [1.29, 1.82) is 0 Å². The molecule has 138 valence electrons. The van der Waals surface area contributed by atoms with Crippen molar-refractivity contribution in [3.63, 3.8) is 0 Å². The Bertz CT molecular complexity index is 554. The maximum Gasteiger partial charge on any atom is 0.408 e. The van der Waals surface area contributed by atoms with E-state index in [1.165, 1.54) is 0 Å². The summed E-state index contributed by atoms with van der Waals surface area (Å²) in [7, 11) is 0. The number of benzene rings is 1. The minimum atomic E-state index is -1.09. The molecule has 0 spiro atoms. The van der Waals surface area contributed by atoms with Crippen molar-refractivity contribution in [3.8, 4) is 0 Å². The highest BCUT2D eigenvalue weighted by Crippen LogP contribution is 2.02. The Labute approximate surface area is 153 Å². The molecule has 0 bridgehead atoms. The van der Waals surface area contributed by atoms with Crippen molar-refractivity contribution in [3.05, 3.63) is 35.9 Å². The average Bonchev–Trinajstić information content (AvgIpc) is 2.61. The van der Waals surface area contributed by atoms with Crippen LogP contribution in [0.15, 0.2) is 30.3 Å². The highest BCUT2D eigenvalue weighted by atomic mass is 32.1. The Kier molecular flexibility index (Phi) is 10.00. The number of hydrogen-bond donors (Lipinski definition) is 4. The Balaban J connectivity index is 2.27. The molecule has 0 fully saturated rings. The predicted molar refractivity (Wildman–Crippen MR) is 99.3 cm³/mol. The van der Waals surface area contributed by atoms with E-state index in [0.29, 0.717) is 18.1 Å². The van der Waals surface area contributed by atoms with Gasteiger partial charge in [-0.3, -0.25) is 0 Å². The molecule has 0 aliphatic heterocycles. The van der Waals surface area contributed by atoms with Crippen LogP contribution in [-0.2, 0) is 16.1 Å². The second kappa shape index (κ2) is 12.1. The smallest absolute Gasteiger partial charge is 0.408 e. The van der Waals surface area contributed by atoms with E-state index >= 15 is 0 Å². The Morgan fingerprint density at radius 3 is 2.52 bits per heavy atom. The number of rotatable bonds is 10. The van der Waals surface area contributed by atoms with Gasteiger partial charge in [-0.15, -0.1) is 0 Å². The second-order valence-electron chi connectivity index (χ2n) is 5.42. The minimum Gasteiger partial charge on any atom is -0.480 e. The van der Waals surface area contributed by atoms with E-state index in [0.717, 1.165) is 18.5 Å². The van der Waals surface area contributed by atoms with E-state index in [9.17, 15) is 14.7 Å². The standard InChI is InChI=1S/C17H25N3O4S/c1-2-10-18-16(25)19-11-6-9-14(15(21)22)20-17(23)24-12-13-7-4-3-5-8-13/h3-5,7-8,14H,2,6,9-12H2,1H3,(H,20,23)(H,21,22)(H2,18,19,25)/t14-/m0/s1. The number of amides is 1. The van der Waals surface area contributed by atoms with Crippen LogP contribution in [-0.4, -0.2) is 41.4 Å². The molecule has 7 nitrogen and oxygen atoms in total. The molecule has 0 aliphatic carbocycles. The first-order valence-corrected chi connectivity index (χ1v) is 8.65. The van der Waals surface area contributed by atoms with Crippen LogP contribution in [0, 0.1) is 0 Å². The molecule has 0 unspecified atom stereocenters. The number of carbonyl (C=O) groups excluding carboxylic acids is 1. The molecule has 0 aliphatic rings. The van der Waals surface area contributed by atoms with Gasteiger partial charge in [-0.05, 0) is 37.0 Å². The van der Waals surface area contributed by atoms with E-state index in [2.05, 4.69) is 16.0 Å². The summed E-state index contributed by atoms with van der Waals surface area (Å²) in [5.41, 5.74) is 0.835. The number of carbonyl (C=O) groups is 2. The van der Waals surface area contributed by atoms with E-state index in [1.54, 1.807) is 0 Å². The molecule has 25 heavy (non-hydrogen) atoms. The summed E-state index contributed by atoms with van der Waals surface area (Å²) in [6, 6.07) is 8.18. The highest BCUT2D eigenvalue weighted by Gasteiger charge is 2.20. The number of aliphatic carboxylic acids is 1. The van der Waals surface area contributed by atoms with Crippen molar-refractivity contribution >= 4 is 29.4 Å². The molecular formula is C17H25N3O4S. The molecule has 0 radical (unpaired) electrons. The molecule has 0 aromatic heterocycles. The highest BCUT2D eigenvalue weighted by molar-refractivity contribution is 7.80. The zero-order valence-electron chi connectivity index (χ0n) is 14.3. The first-order chi connectivity index (χ1) is 12.0. The Hall–Kier alpha value is -2.35. The van der Waals surface area contributed by atoms with Gasteiger partial charge >= 0.3 is 12.1 Å². The van der Waals surface area contributed by atoms with Crippen LogP contribution in [0.3, 0.4) is 0 Å². The van der Waals surface area contributed by atoms with Gasteiger partial charge in [0.2, 0.25) is 0 Å². The van der Waals surface area contributed by atoms with Gasteiger partial charge in [-0.25, -0.2) is 9.59 Å². The number of alkyl carbamates (subject to hydrolysis) is 1. The van der Waals surface area contributed by atoms with Crippen LogP contribution in [0.2, 0.25) is 0 Å². The van der Waals surface area contributed by atoms with Crippen LogP contribution < -0.4 is 16.0 Å². The summed E-state index contributed by atoms with van der Waals surface area (Å²) >= 11 is 5.07. The van der Waals surface area contributed by atoms with Crippen LogP contribution in [0.4, 0.5) is 4.79 Å². The lowest BCUT2D eigenvalue weighted by molar-refractivity contribution is -0.139. The van der Waals surface area contributed by atoms with Crippen LogP contribution in [0.5, 0.6) is 0 Å². The lowest BCUT2D eigenvalue weighted by atomic mass is 10.1. The van der Waals surface area contributed by atoms with Crippen molar-refractivity contribution in [2.45, 2.75) is 38.8 Å². The number of hydrogen-bond acceptors (Lipinski definition) is 4. The maximum atomic E-state index is 11.7. The molecule has 4 N–H and O–H groups in total. The number of ether oxygens (including phenoxy) is 1. The third-order valence-electron chi connectivity index (χ3n) is 3.29. The van der Waals surface area contributed by atoms with Gasteiger partial charge in [0.15, 0.2) is 5.11 Å². The van der Waals surface area contributed by atoms with Gasteiger partial charge in [-0.1, -0.05) is 37.3 Å². The lowest BCUT2D eigenvalue weighted by Crippen LogP contribution is -2.42. The quantitative estimate of drug-likeness (QED) is 0.371. The SMILES string of the molecule is CCCNC(=S)NCCC[C@H](NC(=O)OCc1ccccc1)C(=O)O. The molecule has 1 rings (SSSR count). The Morgan fingerprint density at radius 2 is 1.88 bits per heavy atom. The molecule has 0 saturated carbocycles. The van der Waals surface area contributed by atoms with Crippen LogP contribution >= 0.6 is 12.2 Å². The Morgan fingerprint density at radius 1 is 1.20 bits per heavy atom. The van der Waals surface area contributed by atoms with Crippen LogP contribution in [0.1, 0.15) is 31.7 Å². The van der Waals surface area contributed by atoms with Gasteiger partial charge < -0.3 is 25.8 Å². The molecule has 0 heterocycles. The predicted octanol–water partition coefficient (Wildman–Crippen LogP) is 2.02. The van der Waals surface area contributed by atoms with E-state index in [1.807, 2.05) is 37.3 Å². The fourth-order valence-corrected chi connectivity index (χ4v) is 2.18. The van der Waals surface area contributed by atoms with Crippen molar-refractivity contribution in [1.82, 2.24) is 16.0 Å². The van der Waals surface area contributed by atoms with Crippen LogP contribution in [0.25, 0.3) is 0 Å². The second-order valence-corrected chi connectivity index (χ2v) is 5.83. The van der Waals surface area contributed by atoms with Gasteiger partial charge in [-0.2, -0.15) is 0 Å². The van der Waals surface area contributed by atoms with E-state index in [4.69, 9.17) is 17.0 Å². The first kappa shape index (κ1) is 20.7. The largest absolute Gasteiger partial charge is 0.480 e. The van der Waals surface area contributed by atoms with Gasteiger partial charge in [0.05, 0.1) is 0 Å². The summed E-state index contributed by atoms with van der Waals surface area (Å²) in [6.45, 7) is 3.45. The summed E-state index contributed by atoms with van der Waals surface area (Å²) in [4.78, 5) is 23.0. The summed E-state index contributed by atoms with van der Waals surface area (Å²) in [5, 5.41) is 18.1. The van der Waals surface area contributed by atoms with Crippen molar-refractivity contribution in [2.24, 2.45) is 0 Å². The third-order valence-corrected chi connectivity index (χ3v) is 3.58. The number of carboxylic acids is 1. The number of nitrogens with one attached hydrogen (secondary N) is 3. The average molecular weight is 367 g/mol. The molecule has 1 atom stereocenters. The summed E-state index contributed by atoms with van der Waals surface area (Å²) in [6.07, 6.45) is 1.05. The topological polar surface area (TPSA) is 99.7 Å².